The Bertz CT molecular complexity index is 855. The number of benzene rings is 1. The van der Waals surface area contributed by atoms with Gasteiger partial charge in [0.05, 0.1) is 10.6 Å². The van der Waals surface area contributed by atoms with E-state index >= 15 is 0 Å². The Morgan fingerprint density at radius 3 is 2.86 bits per heavy atom. The van der Waals surface area contributed by atoms with E-state index in [-0.39, 0.29) is 17.7 Å². The van der Waals surface area contributed by atoms with E-state index in [1.54, 1.807) is 24.3 Å². The number of carbonyl (C=O) groups is 2. The lowest BCUT2D eigenvalue weighted by Crippen LogP contribution is -2.41. The topological polar surface area (TPSA) is 108 Å². The summed E-state index contributed by atoms with van der Waals surface area (Å²) in [6.07, 6.45) is 1.93. The van der Waals surface area contributed by atoms with Crippen LogP contribution in [-0.4, -0.2) is 41.3 Å². The van der Waals surface area contributed by atoms with Crippen molar-refractivity contribution in [3.05, 3.63) is 39.3 Å². The van der Waals surface area contributed by atoms with Gasteiger partial charge in [-0.2, -0.15) is 0 Å². The van der Waals surface area contributed by atoms with Gasteiger partial charge in [0.2, 0.25) is 0 Å². The van der Waals surface area contributed by atoms with Gasteiger partial charge in [-0.15, -0.1) is 5.10 Å². The fraction of sp³-hybridized carbons (Fsp3) is 0.389. The quantitative estimate of drug-likeness (QED) is 0.472. The van der Waals surface area contributed by atoms with Crippen molar-refractivity contribution in [2.75, 3.05) is 18.4 Å². The van der Waals surface area contributed by atoms with Crippen molar-refractivity contribution < 1.29 is 14.3 Å². The number of H-pyrrole nitrogens is 1. The largest absolute Gasteiger partial charge is 0.414 e. The second-order valence-corrected chi connectivity index (χ2v) is 7.89. The number of nitrogens with zero attached hydrogens (tertiary/aromatic N) is 1. The first kappa shape index (κ1) is 20.6. The molecule has 8 nitrogen and oxygen atoms in total. The zero-order valence-corrected chi connectivity index (χ0v) is 17.6. The summed E-state index contributed by atoms with van der Waals surface area (Å²) in [6.45, 7) is 3.52. The fourth-order valence-electron chi connectivity index (χ4n) is 2.48. The number of hydrogen-bond acceptors (Lipinski definition) is 5. The molecule has 1 aromatic carbocycles. The van der Waals surface area contributed by atoms with Gasteiger partial charge in [-0.1, -0.05) is 23.7 Å². The number of nitrogens with one attached hydrogen (secondary N) is 4. The van der Waals surface area contributed by atoms with Crippen LogP contribution in [0.5, 0.6) is 5.88 Å². The lowest BCUT2D eigenvalue weighted by atomic mass is 10.2. The first-order chi connectivity index (χ1) is 13.4. The van der Waals surface area contributed by atoms with Crippen molar-refractivity contribution in [1.82, 2.24) is 20.8 Å². The van der Waals surface area contributed by atoms with Gasteiger partial charge in [0.1, 0.15) is 10.3 Å². The zero-order valence-electron chi connectivity index (χ0n) is 15.2. The minimum absolute atomic E-state index is 0.0186. The average molecular weight is 471 g/mol. The Kier molecular flexibility index (Phi) is 6.93. The van der Waals surface area contributed by atoms with E-state index in [1.165, 1.54) is 12.8 Å². The third-order valence-corrected chi connectivity index (χ3v) is 5.23. The highest BCUT2D eigenvalue weighted by molar-refractivity contribution is 9.10. The highest BCUT2D eigenvalue weighted by atomic mass is 79.9. The summed E-state index contributed by atoms with van der Waals surface area (Å²) in [5.74, 6) is 0.636. The molecule has 0 saturated heterocycles. The highest BCUT2D eigenvalue weighted by Crippen LogP contribution is 2.30. The van der Waals surface area contributed by atoms with Crippen molar-refractivity contribution in [3.8, 4) is 5.88 Å². The van der Waals surface area contributed by atoms with Gasteiger partial charge in [-0.3, -0.25) is 9.89 Å². The molecule has 10 heteroatoms. The standard InChI is InChI=1S/C18H21BrClN5O3/c1-10(8-21-9-11-6-7-11)22-18(27)28-17-14(19)15(24-25-17)23-16(26)12-4-2-3-5-13(12)20/h2-5,10-11,21H,6-9H2,1H3,(H,22,27)(H2,23,24,25,26)/t10-/m1/s1. The van der Waals surface area contributed by atoms with E-state index in [0.29, 0.717) is 21.6 Å². The number of ether oxygens (including phenoxy) is 1. The van der Waals surface area contributed by atoms with E-state index in [1.807, 2.05) is 6.92 Å². The number of hydrogen-bond donors (Lipinski definition) is 4. The first-order valence-electron chi connectivity index (χ1n) is 8.93. The Balaban J connectivity index is 1.51. The summed E-state index contributed by atoms with van der Waals surface area (Å²) in [7, 11) is 0. The number of aromatic nitrogens is 2. The van der Waals surface area contributed by atoms with Crippen molar-refractivity contribution in [3.63, 3.8) is 0 Å². The van der Waals surface area contributed by atoms with Gasteiger partial charge < -0.3 is 20.7 Å². The number of amides is 2. The van der Waals surface area contributed by atoms with E-state index in [0.717, 1.165) is 12.5 Å². The van der Waals surface area contributed by atoms with Crippen LogP contribution < -0.4 is 20.7 Å². The van der Waals surface area contributed by atoms with Crippen LogP contribution in [0, 0.1) is 5.92 Å². The monoisotopic (exact) mass is 469 g/mol. The molecule has 1 heterocycles. The first-order valence-corrected chi connectivity index (χ1v) is 10.1. The van der Waals surface area contributed by atoms with E-state index in [2.05, 4.69) is 42.1 Å². The Morgan fingerprint density at radius 1 is 1.39 bits per heavy atom. The number of rotatable bonds is 8. The maximum absolute atomic E-state index is 12.3. The molecule has 0 bridgehead atoms. The second-order valence-electron chi connectivity index (χ2n) is 6.69. The van der Waals surface area contributed by atoms with Gasteiger partial charge >= 0.3 is 6.09 Å². The molecule has 1 aromatic heterocycles. The molecule has 2 amide bonds. The molecule has 150 valence electrons. The summed E-state index contributed by atoms with van der Waals surface area (Å²) in [4.78, 5) is 24.4. The molecule has 0 unspecified atom stereocenters. The number of carbonyl (C=O) groups excluding carboxylic acids is 2. The van der Waals surface area contributed by atoms with E-state index in [4.69, 9.17) is 16.3 Å². The molecular formula is C18H21BrClN5O3. The number of aromatic amines is 1. The molecule has 4 N–H and O–H groups in total. The number of halogens is 2. The third-order valence-electron chi connectivity index (χ3n) is 4.17. The normalized spacial score (nSPS) is 14.4. The minimum Gasteiger partial charge on any atom is -0.388 e. The summed E-state index contributed by atoms with van der Waals surface area (Å²) in [5, 5.41) is 15.5. The van der Waals surface area contributed by atoms with Crippen LogP contribution in [-0.2, 0) is 0 Å². The van der Waals surface area contributed by atoms with Crippen LogP contribution in [0.2, 0.25) is 5.02 Å². The van der Waals surface area contributed by atoms with Gasteiger partial charge in [-0.25, -0.2) is 4.79 Å². The molecule has 3 rings (SSSR count). The van der Waals surface area contributed by atoms with E-state index in [9.17, 15) is 9.59 Å². The van der Waals surface area contributed by atoms with Crippen LogP contribution >= 0.6 is 27.5 Å². The van der Waals surface area contributed by atoms with Crippen molar-refractivity contribution >= 4 is 45.3 Å². The Labute approximate surface area is 175 Å². The van der Waals surface area contributed by atoms with Crippen LogP contribution in [0.4, 0.5) is 10.6 Å². The smallest absolute Gasteiger partial charge is 0.388 e. The molecule has 28 heavy (non-hydrogen) atoms. The molecule has 0 spiro atoms. The molecule has 1 saturated carbocycles. The summed E-state index contributed by atoms with van der Waals surface area (Å²) < 4.78 is 5.52. The molecule has 1 aliphatic carbocycles. The van der Waals surface area contributed by atoms with Crippen LogP contribution in [0.1, 0.15) is 30.1 Å². The van der Waals surface area contributed by atoms with Crippen LogP contribution in [0.25, 0.3) is 0 Å². The maximum Gasteiger partial charge on any atom is 0.414 e. The Morgan fingerprint density at radius 2 is 2.14 bits per heavy atom. The average Bonchev–Trinajstić information content (AvgIpc) is 3.42. The zero-order chi connectivity index (χ0) is 20.1. The van der Waals surface area contributed by atoms with Crippen molar-refractivity contribution in [1.29, 1.82) is 0 Å². The molecule has 0 radical (unpaired) electrons. The SMILES string of the molecule is C[C@H](CNCC1CC1)NC(=O)Oc1n[nH]c(NC(=O)c2ccccc2Cl)c1Br. The summed E-state index contributed by atoms with van der Waals surface area (Å²) in [5.41, 5.74) is 0.318. The van der Waals surface area contributed by atoms with E-state index < -0.39 is 12.0 Å². The van der Waals surface area contributed by atoms with Gasteiger partial charge in [0.15, 0.2) is 0 Å². The summed E-state index contributed by atoms with van der Waals surface area (Å²) in [6, 6.07) is 6.58. The molecular weight excluding hydrogens is 450 g/mol. The molecule has 1 fully saturated rings. The second kappa shape index (κ2) is 9.40. The number of anilines is 1. The molecule has 0 aliphatic heterocycles. The van der Waals surface area contributed by atoms with Gasteiger partial charge in [-0.05, 0) is 60.3 Å². The lowest BCUT2D eigenvalue weighted by molar-refractivity contribution is 0.102. The highest BCUT2D eigenvalue weighted by Gasteiger charge is 2.21. The maximum atomic E-state index is 12.3. The third kappa shape index (κ3) is 5.70. The minimum atomic E-state index is -0.628. The predicted octanol–water partition coefficient (Wildman–Crippen LogP) is 3.55. The lowest BCUT2D eigenvalue weighted by Gasteiger charge is -2.14. The Hall–Kier alpha value is -2.10. The van der Waals surface area contributed by atoms with Gasteiger partial charge in [0, 0.05) is 12.6 Å². The summed E-state index contributed by atoms with van der Waals surface area (Å²) >= 11 is 9.29. The molecule has 1 aliphatic rings. The fourth-order valence-corrected chi connectivity index (χ4v) is 3.06. The van der Waals surface area contributed by atoms with Crippen molar-refractivity contribution in [2.45, 2.75) is 25.8 Å². The van der Waals surface area contributed by atoms with Crippen molar-refractivity contribution in [2.24, 2.45) is 5.92 Å². The predicted molar refractivity (Wildman–Crippen MR) is 110 cm³/mol. The van der Waals surface area contributed by atoms with Crippen LogP contribution in [0.15, 0.2) is 28.7 Å². The molecule has 1 atom stereocenters. The van der Waals surface area contributed by atoms with Crippen LogP contribution in [0.3, 0.4) is 0 Å². The van der Waals surface area contributed by atoms with Gasteiger partial charge in [0.25, 0.3) is 11.8 Å². The molecule has 2 aromatic rings.